The van der Waals surface area contributed by atoms with E-state index >= 15 is 0 Å². The molecule has 6 heteroatoms. The lowest BCUT2D eigenvalue weighted by molar-refractivity contribution is -0.167. The van der Waals surface area contributed by atoms with Gasteiger partial charge in [-0.15, -0.1) is 0 Å². The van der Waals surface area contributed by atoms with Gasteiger partial charge < -0.3 is 14.2 Å². The van der Waals surface area contributed by atoms with Gasteiger partial charge in [0.2, 0.25) is 0 Å². The number of esters is 3. The summed E-state index contributed by atoms with van der Waals surface area (Å²) in [5, 5.41) is 0. The molecule has 0 rings (SSSR count). The van der Waals surface area contributed by atoms with Gasteiger partial charge in [-0.05, 0) is 31.1 Å². The van der Waals surface area contributed by atoms with Crippen molar-refractivity contribution < 1.29 is 28.6 Å². The van der Waals surface area contributed by atoms with Crippen LogP contribution in [0.25, 0.3) is 0 Å². The first-order valence-corrected chi connectivity index (χ1v) is 22.7. The molecule has 0 fully saturated rings. The number of hydrogen-bond donors (Lipinski definition) is 0. The van der Waals surface area contributed by atoms with E-state index in [4.69, 9.17) is 14.2 Å². The van der Waals surface area contributed by atoms with Crippen molar-refractivity contribution in [1.29, 1.82) is 0 Å². The third kappa shape index (κ3) is 39.6. The van der Waals surface area contributed by atoms with E-state index < -0.39 is 6.10 Å². The molecular formula is C46H88O6. The summed E-state index contributed by atoms with van der Waals surface area (Å²) in [6.45, 7) is 11.2. The number of ether oxygens (including phenoxy) is 3. The Balaban J connectivity index is 4.25. The van der Waals surface area contributed by atoms with E-state index in [1.54, 1.807) is 0 Å². The molecular weight excluding hydrogens is 648 g/mol. The third-order valence-corrected chi connectivity index (χ3v) is 10.2. The Kier molecular flexibility index (Phi) is 37.9. The minimum atomic E-state index is -0.761. The topological polar surface area (TPSA) is 78.9 Å². The van der Waals surface area contributed by atoms with Crippen molar-refractivity contribution in [2.45, 2.75) is 253 Å². The summed E-state index contributed by atoms with van der Waals surface area (Å²) < 4.78 is 16.7. The van der Waals surface area contributed by atoms with E-state index in [0.29, 0.717) is 19.3 Å². The van der Waals surface area contributed by atoms with Gasteiger partial charge in [0.1, 0.15) is 13.2 Å². The van der Waals surface area contributed by atoms with Crippen LogP contribution in [0, 0.1) is 11.8 Å². The van der Waals surface area contributed by atoms with Crippen molar-refractivity contribution >= 4 is 17.9 Å². The average molecular weight is 737 g/mol. The van der Waals surface area contributed by atoms with E-state index in [9.17, 15) is 14.4 Å². The van der Waals surface area contributed by atoms with Gasteiger partial charge in [0.15, 0.2) is 6.10 Å². The Labute approximate surface area is 323 Å². The molecule has 308 valence electrons. The van der Waals surface area contributed by atoms with E-state index in [0.717, 1.165) is 69.6 Å². The summed E-state index contributed by atoms with van der Waals surface area (Å²) in [6.07, 6.45) is 36.9. The first-order chi connectivity index (χ1) is 25.2. The fraction of sp³-hybridized carbons (Fsp3) is 0.935. The van der Waals surface area contributed by atoms with Crippen LogP contribution in [0.5, 0.6) is 0 Å². The van der Waals surface area contributed by atoms with Gasteiger partial charge in [-0.1, -0.05) is 208 Å². The van der Waals surface area contributed by atoms with Crippen LogP contribution in [-0.2, 0) is 28.6 Å². The molecule has 0 aromatic rings. The normalized spacial score (nSPS) is 12.1. The van der Waals surface area contributed by atoms with Crippen molar-refractivity contribution in [3.05, 3.63) is 0 Å². The maximum Gasteiger partial charge on any atom is 0.306 e. The second-order valence-electron chi connectivity index (χ2n) is 16.6. The summed E-state index contributed by atoms with van der Waals surface area (Å²) in [4.78, 5) is 37.6. The van der Waals surface area contributed by atoms with Crippen LogP contribution in [0.15, 0.2) is 0 Å². The van der Waals surface area contributed by atoms with Crippen molar-refractivity contribution in [2.75, 3.05) is 13.2 Å². The highest BCUT2D eigenvalue weighted by Gasteiger charge is 2.19. The Morgan fingerprint density at radius 3 is 0.942 bits per heavy atom. The molecule has 0 radical (unpaired) electrons. The molecule has 0 aliphatic heterocycles. The highest BCUT2D eigenvalue weighted by Crippen LogP contribution is 2.16. The molecule has 0 unspecified atom stereocenters. The van der Waals surface area contributed by atoms with Gasteiger partial charge >= 0.3 is 17.9 Å². The summed E-state index contributed by atoms with van der Waals surface area (Å²) in [5.74, 6) is 0.655. The Hall–Kier alpha value is -1.59. The summed E-state index contributed by atoms with van der Waals surface area (Å²) in [7, 11) is 0. The maximum absolute atomic E-state index is 12.6. The predicted molar refractivity (Wildman–Crippen MR) is 220 cm³/mol. The number of carbonyl (C=O) groups excluding carboxylic acids is 3. The van der Waals surface area contributed by atoms with Gasteiger partial charge in [-0.25, -0.2) is 0 Å². The van der Waals surface area contributed by atoms with E-state index in [1.807, 2.05) is 0 Å². The van der Waals surface area contributed by atoms with Crippen LogP contribution in [0.1, 0.15) is 247 Å². The van der Waals surface area contributed by atoms with Gasteiger partial charge in [0.05, 0.1) is 0 Å². The SMILES string of the molecule is CCCCCCCCCCCCCCCCCCC(=O)OC[C@@H](COC(=O)CCCCCCCCC(C)C)OC(=O)CCCCCCCCC(C)C. The molecule has 0 amide bonds. The Bertz CT molecular complexity index is 794. The number of rotatable bonds is 40. The smallest absolute Gasteiger partial charge is 0.306 e. The fourth-order valence-electron chi connectivity index (χ4n) is 6.75. The minimum absolute atomic E-state index is 0.0665. The molecule has 0 N–H and O–H groups in total. The molecule has 0 aromatic carbocycles. The van der Waals surface area contributed by atoms with Gasteiger partial charge in [0.25, 0.3) is 0 Å². The van der Waals surface area contributed by atoms with E-state index in [-0.39, 0.29) is 31.1 Å². The Morgan fingerprint density at radius 1 is 0.365 bits per heavy atom. The van der Waals surface area contributed by atoms with Crippen LogP contribution in [0.2, 0.25) is 0 Å². The molecule has 0 saturated carbocycles. The minimum Gasteiger partial charge on any atom is -0.462 e. The highest BCUT2D eigenvalue weighted by atomic mass is 16.6. The molecule has 0 bridgehead atoms. The summed E-state index contributed by atoms with van der Waals surface area (Å²) in [6, 6.07) is 0. The van der Waals surface area contributed by atoms with Crippen molar-refractivity contribution in [3.63, 3.8) is 0 Å². The lowest BCUT2D eigenvalue weighted by Gasteiger charge is -2.18. The van der Waals surface area contributed by atoms with Crippen LogP contribution >= 0.6 is 0 Å². The Morgan fingerprint density at radius 2 is 0.635 bits per heavy atom. The van der Waals surface area contributed by atoms with Crippen LogP contribution < -0.4 is 0 Å². The molecule has 0 heterocycles. The first kappa shape index (κ1) is 50.4. The zero-order valence-corrected chi connectivity index (χ0v) is 35.4. The monoisotopic (exact) mass is 737 g/mol. The highest BCUT2D eigenvalue weighted by molar-refractivity contribution is 5.71. The van der Waals surface area contributed by atoms with Crippen molar-refractivity contribution in [3.8, 4) is 0 Å². The molecule has 0 spiro atoms. The van der Waals surface area contributed by atoms with E-state index in [1.165, 1.54) is 135 Å². The predicted octanol–water partition coefficient (Wildman–Crippen LogP) is 14.2. The molecule has 0 aromatic heterocycles. The summed E-state index contributed by atoms with van der Waals surface area (Å²) >= 11 is 0. The maximum atomic E-state index is 12.6. The second-order valence-corrected chi connectivity index (χ2v) is 16.6. The second kappa shape index (κ2) is 39.1. The van der Waals surface area contributed by atoms with Gasteiger partial charge in [0, 0.05) is 19.3 Å². The number of carbonyl (C=O) groups is 3. The zero-order valence-electron chi connectivity index (χ0n) is 35.4. The average Bonchev–Trinajstić information content (AvgIpc) is 3.11. The standard InChI is InChI=1S/C46H88O6/c1-6-7-8-9-10-11-12-13-14-15-16-17-18-19-26-31-36-44(47)50-39-43(52-46(49)38-33-28-23-21-25-30-35-42(4)5)40-51-45(48)37-32-27-22-20-24-29-34-41(2)3/h41-43H,6-40H2,1-5H3/t43-/m0/s1. The molecule has 0 aliphatic rings. The lowest BCUT2D eigenvalue weighted by atomic mass is 10.0. The van der Waals surface area contributed by atoms with Crippen molar-refractivity contribution in [2.24, 2.45) is 11.8 Å². The molecule has 0 saturated heterocycles. The van der Waals surface area contributed by atoms with E-state index in [2.05, 4.69) is 34.6 Å². The quantitative estimate of drug-likeness (QED) is 0.0354. The lowest BCUT2D eigenvalue weighted by Crippen LogP contribution is -2.30. The zero-order chi connectivity index (χ0) is 38.3. The largest absolute Gasteiger partial charge is 0.462 e. The van der Waals surface area contributed by atoms with Gasteiger partial charge in [-0.2, -0.15) is 0 Å². The fourth-order valence-corrected chi connectivity index (χ4v) is 6.75. The van der Waals surface area contributed by atoms with Gasteiger partial charge in [-0.3, -0.25) is 14.4 Å². The number of hydrogen-bond acceptors (Lipinski definition) is 6. The van der Waals surface area contributed by atoms with Crippen LogP contribution in [-0.4, -0.2) is 37.2 Å². The first-order valence-electron chi connectivity index (χ1n) is 22.7. The molecule has 6 nitrogen and oxygen atoms in total. The molecule has 52 heavy (non-hydrogen) atoms. The summed E-state index contributed by atoms with van der Waals surface area (Å²) in [5.41, 5.74) is 0. The molecule has 0 aliphatic carbocycles. The van der Waals surface area contributed by atoms with Crippen LogP contribution in [0.3, 0.4) is 0 Å². The number of unbranched alkanes of at least 4 members (excludes halogenated alkanes) is 25. The van der Waals surface area contributed by atoms with Crippen LogP contribution in [0.4, 0.5) is 0 Å². The van der Waals surface area contributed by atoms with Crippen molar-refractivity contribution in [1.82, 2.24) is 0 Å². The third-order valence-electron chi connectivity index (χ3n) is 10.2. The molecule has 1 atom stereocenters.